The molecule has 0 spiro atoms. The first-order chi connectivity index (χ1) is 4.93. The van der Waals surface area contributed by atoms with E-state index in [0.29, 0.717) is 0 Å². The van der Waals surface area contributed by atoms with Crippen LogP contribution in [0.25, 0.3) is 0 Å². The molecule has 1 aromatic carbocycles. The summed E-state index contributed by atoms with van der Waals surface area (Å²) in [5.74, 6) is 6.82. The van der Waals surface area contributed by atoms with Crippen LogP contribution in [0.1, 0.15) is 5.56 Å². The number of halogens is 1. The van der Waals surface area contributed by atoms with Gasteiger partial charge >= 0.3 is 0 Å². The molecule has 0 saturated heterocycles. The van der Waals surface area contributed by atoms with Crippen molar-refractivity contribution >= 4 is 11.6 Å². The molecule has 0 saturated carbocycles. The Balaban J connectivity index is 2.76. The molecule has 49 valence electrons. The van der Waals surface area contributed by atoms with Crippen LogP contribution in [0.4, 0.5) is 0 Å². The molecule has 0 aliphatic rings. The summed E-state index contributed by atoms with van der Waals surface area (Å²) in [7, 11) is 0. The molecule has 1 aromatic rings. The van der Waals surface area contributed by atoms with E-state index in [4.69, 9.17) is 11.6 Å². The quantitative estimate of drug-likeness (QED) is 0.497. The molecule has 0 heterocycles. The third-order valence-corrected chi connectivity index (χ3v) is 1.15. The fourth-order valence-electron chi connectivity index (χ4n) is 0.632. The molecule has 0 amide bonds. The normalized spacial score (nSPS) is 8.10. The predicted octanol–water partition coefficient (Wildman–Crippen LogP) is 2.44. The van der Waals surface area contributed by atoms with Crippen molar-refractivity contribution in [2.24, 2.45) is 0 Å². The van der Waals surface area contributed by atoms with Crippen molar-refractivity contribution in [3.8, 4) is 11.8 Å². The summed E-state index contributed by atoms with van der Waals surface area (Å²) in [5.41, 5.74) is 0.986. The second kappa shape index (κ2) is 3.98. The van der Waals surface area contributed by atoms with Gasteiger partial charge in [0.2, 0.25) is 0 Å². The fourth-order valence-corrected chi connectivity index (χ4v) is 0.687. The first-order valence-corrected chi connectivity index (χ1v) is 3.35. The van der Waals surface area contributed by atoms with Gasteiger partial charge in [0, 0.05) is 5.56 Å². The summed E-state index contributed by atoms with van der Waals surface area (Å²) >= 11 is 5.25. The van der Waals surface area contributed by atoms with Crippen LogP contribution in [-0.2, 0) is 0 Å². The van der Waals surface area contributed by atoms with E-state index in [0.717, 1.165) is 5.56 Å². The van der Waals surface area contributed by atoms with Crippen LogP contribution in [0.2, 0.25) is 0 Å². The maximum absolute atomic E-state index is 5.25. The lowest BCUT2D eigenvalue weighted by Crippen LogP contribution is -1.68. The van der Waals surface area contributed by atoms with Crippen molar-refractivity contribution in [3.63, 3.8) is 0 Å². The van der Waals surface area contributed by atoms with Gasteiger partial charge in [-0.2, -0.15) is 0 Å². The molecule has 0 bridgehead atoms. The Hall–Kier alpha value is -0.930. The number of hydrogen-bond acceptors (Lipinski definition) is 0. The summed E-state index contributed by atoms with van der Waals surface area (Å²) in [6.07, 6.45) is 0. The van der Waals surface area contributed by atoms with E-state index in [1.54, 1.807) is 0 Å². The van der Waals surface area contributed by atoms with Gasteiger partial charge in [-0.3, -0.25) is 0 Å². The Labute approximate surface area is 65.8 Å². The third-order valence-electron chi connectivity index (χ3n) is 1.04. The summed E-state index contributed by atoms with van der Waals surface area (Å²) in [6, 6.07) is 9.72. The Morgan fingerprint density at radius 1 is 1.20 bits per heavy atom. The SMILES string of the molecule is Cl[CH]C#Cc1ccccc1. The zero-order chi connectivity index (χ0) is 7.23. The van der Waals surface area contributed by atoms with Gasteiger partial charge < -0.3 is 0 Å². The standard InChI is InChI=1S/C9H6Cl/c10-8-4-7-9-5-2-1-3-6-9/h1-3,5-6,8H. The van der Waals surface area contributed by atoms with E-state index in [1.807, 2.05) is 30.3 Å². The number of rotatable bonds is 0. The van der Waals surface area contributed by atoms with Crippen molar-refractivity contribution in [1.29, 1.82) is 0 Å². The second-order valence-corrected chi connectivity index (χ2v) is 1.96. The van der Waals surface area contributed by atoms with Crippen molar-refractivity contribution < 1.29 is 0 Å². The lowest BCUT2D eigenvalue weighted by atomic mass is 10.2. The molecule has 0 atom stereocenters. The van der Waals surface area contributed by atoms with Crippen LogP contribution in [0.5, 0.6) is 0 Å². The molecule has 0 nitrogen and oxygen atoms in total. The smallest absolute Gasteiger partial charge is 0.106 e. The monoisotopic (exact) mass is 149 g/mol. The first kappa shape index (κ1) is 7.18. The van der Waals surface area contributed by atoms with Crippen molar-refractivity contribution in [1.82, 2.24) is 0 Å². The molecular formula is C9H6Cl. The average Bonchev–Trinajstić information content (AvgIpc) is 2.03. The van der Waals surface area contributed by atoms with Crippen molar-refractivity contribution in [2.75, 3.05) is 0 Å². The van der Waals surface area contributed by atoms with Gasteiger partial charge in [-0.25, -0.2) is 0 Å². The molecule has 0 fully saturated rings. The molecule has 1 rings (SSSR count). The van der Waals surface area contributed by atoms with Gasteiger partial charge in [0.15, 0.2) is 0 Å². The molecular weight excluding hydrogens is 144 g/mol. The van der Waals surface area contributed by atoms with Crippen LogP contribution >= 0.6 is 11.6 Å². The largest absolute Gasteiger partial charge is 0.122 e. The van der Waals surface area contributed by atoms with E-state index in [2.05, 4.69) is 11.8 Å². The molecule has 0 unspecified atom stereocenters. The van der Waals surface area contributed by atoms with E-state index in [9.17, 15) is 0 Å². The predicted molar refractivity (Wildman–Crippen MR) is 43.5 cm³/mol. The Kier molecular flexibility index (Phi) is 2.86. The van der Waals surface area contributed by atoms with E-state index < -0.39 is 0 Å². The first-order valence-electron chi connectivity index (χ1n) is 2.92. The van der Waals surface area contributed by atoms with E-state index in [1.165, 1.54) is 5.88 Å². The zero-order valence-corrected chi connectivity index (χ0v) is 6.10. The molecule has 1 radical (unpaired) electrons. The van der Waals surface area contributed by atoms with Gasteiger partial charge in [-0.15, -0.1) is 11.6 Å². The Morgan fingerprint density at radius 2 is 1.90 bits per heavy atom. The van der Waals surface area contributed by atoms with Crippen LogP contribution in [0.15, 0.2) is 30.3 Å². The van der Waals surface area contributed by atoms with E-state index >= 15 is 0 Å². The van der Waals surface area contributed by atoms with Crippen molar-refractivity contribution in [2.45, 2.75) is 0 Å². The minimum atomic E-state index is 0.986. The van der Waals surface area contributed by atoms with Gasteiger partial charge in [-0.1, -0.05) is 30.0 Å². The maximum atomic E-state index is 5.25. The highest BCUT2D eigenvalue weighted by molar-refractivity contribution is 6.25. The van der Waals surface area contributed by atoms with Crippen molar-refractivity contribution in [3.05, 3.63) is 41.8 Å². The highest BCUT2D eigenvalue weighted by Gasteiger charge is 1.78. The number of benzene rings is 1. The molecule has 1 heteroatoms. The second-order valence-electron chi connectivity index (χ2n) is 1.74. The van der Waals surface area contributed by atoms with Crippen LogP contribution in [0.3, 0.4) is 0 Å². The molecule has 0 aliphatic heterocycles. The topological polar surface area (TPSA) is 0 Å². The summed E-state index contributed by atoms with van der Waals surface area (Å²) in [5, 5.41) is 0. The van der Waals surface area contributed by atoms with Gasteiger partial charge in [-0.05, 0) is 12.1 Å². The molecule has 0 aliphatic carbocycles. The Morgan fingerprint density at radius 3 is 2.50 bits per heavy atom. The summed E-state index contributed by atoms with van der Waals surface area (Å²) < 4.78 is 0. The molecule has 10 heavy (non-hydrogen) atoms. The lowest BCUT2D eigenvalue weighted by molar-refractivity contribution is 1.65. The summed E-state index contributed by atoms with van der Waals surface area (Å²) in [6.45, 7) is 0. The van der Waals surface area contributed by atoms with E-state index in [-0.39, 0.29) is 0 Å². The van der Waals surface area contributed by atoms with Crippen LogP contribution < -0.4 is 0 Å². The zero-order valence-electron chi connectivity index (χ0n) is 5.34. The van der Waals surface area contributed by atoms with Gasteiger partial charge in [0.25, 0.3) is 0 Å². The minimum Gasteiger partial charge on any atom is -0.106 e. The lowest BCUT2D eigenvalue weighted by Gasteiger charge is -1.84. The Bertz CT molecular complexity index is 240. The van der Waals surface area contributed by atoms with Gasteiger partial charge in [0.05, 0.1) is 0 Å². The average molecular weight is 150 g/mol. The number of hydrogen-bond donors (Lipinski definition) is 0. The van der Waals surface area contributed by atoms with Crippen LogP contribution in [0, 0.1) is 17.7 Å². The maximum Gasteiger partial charge on any atom is 0.122 e. The summed E-state index contributed by atoms with van der Waals surface area (Å²) in [4.78, 5) is 0. The fraction of sp³-hybridized carbons (Fsp3) is 0. The van der Waals surface area contributed by atoms with Gasteiger partial charge in [0.1, 0.15) is 5.88 Å². The highest BCUT2D eigenvalue weighted by Crippen LogP contribution is 1.94. The molecule has 0 N–H and O–H groups in total. The van der Waals surface area contributed by atoms with Crippen LogP contribution in [-0.4, -0.2) is 0 Å². The highest BCUT2D eigenvalue weighted by atomic mass is 35.5. The minimum absolute atomic E-state index is 0.986. The third kappa shape index (κ3) is 2.13. The molecule has 0 aromatic heterocycles.